The lowest BCUT2D eigenvalue weighted by molar-refractivity contribution is 0.0741. The quantitative estimate of drug-likeness (QED) is 0.835. The van der Waals surface area contributed by atoms with Crippen LogP contribution in [0, 0.1) is 11.7 Å². The van der Waals surface area contributed by atoms with Gasteiger partial charge in [0.1, 0.15) is 11.6 Å². The predicted molar refractivity (Wildman–Crippen MR) is 79.4 cm³/mol. The van der Waals surface area contributed by atoms with E-state index in [9.17, 15) is 9.18 Å². The Morgan fingerprint density at radius 1 is 1.45 bits per heavy atom. The average Bonchev–Trinajstić information content (AvgIpc) is 2.45. The van der Waals surface area contributed by atoms with Gasteiger partial charge in [0, 0.05) is 19.6 Å². The summed E-state index contributed by atoms with van der Waals surface area (Å²) in [7, 11) is 0. The Bertz CT molecular complexity index is 451. The van der Waals surface area contributed by atoms with E-state index < -0.39 is 5.82 Å². The number of aromatic nitrogens is 1. The van der Waals surface area contributed by atoms with Crippen molar-refractivity contribution in [1.29, 1.82) is 0 Å². The highest BCUT2D eigenvalue weighted by molar-refractivity contribution is 5.98. The highest BCUT2D eigenvalue weighted by Gasteiger charge is 2.20. The van der Waals surface area contributed by atoms with Gasteiger partial charge in [0.25, 0.3) is 5.91 Å². The summed E-state index contributed by atoms with van der Waals surface area (Å²) in [6.45, 7) is 9.95. The van der Waals surface area contributed by atoms with E-state index in [-0.39, 0.29) is 5.91 Å². The van der Waals surface area contributed by atoms with Gasteiger partial charge in [0.2, 0.25) is 0 Å². The van der Waals surface area contributed by atoms with Crippen molar-refractivity contribution < 1.29 is 9.18 Å². The maximum atomic E-state index is 13.4. The van der Waals surface area contributed by atoms with Gasteiger partial charge in [-0.15, -0.1) is 0 Å². The van der Waals surface area contributed by atoms with Crippen LogP contribution in [0.15, 0.2) is 12.3 Å². The van der Waals surface area contributed by atoms with Crippen LogP contribution in [0.25, 0.3) is 0 Å². The van der Waals surface area contributed by atoms with Gasteiger partial charge >= 0.3 is 0 Å². The molecule has 20 heavy (non-hydrogen) atoms. The summed E-state index contributed by atoms with van der Waals surface area (Å²) in [5.41, 5.74) is 0.303. The molecule has 1 N–H and O–H groups in total. The molecule has 1 aromatic rings. The van der Waals surface area contributed by atoms with Gasteiger partial charge in [-0.05, 0) is 25.8 Å². The van der Waals surface area contributed by atoms with Gasteiger partial charge in [-0.25, -0.2) is 9.37 Å². The minimum Gasteiger partial charge on any atom is -0.370 e. The summed E-state index contributed by atoms with van der Waals surface area (Å²) in [5, 5.41) is 3.01. The van der Waals surface area contributed by atoms with Crippen molar-refractivity contribution in [1.82, 2.24) is 9.88 Å². The lowest BCUT2D eigenvalue weighted by atomic mass is 10.1. The van der Waals surface area contributed by atoms with Gasteiger partial charge in [0.05, 0.1) is 11.8 Å². The number of nitrogens with zero attached hydrogens (tertiary/aromatic N) is 2. The van der Waals surface area contributed by atoms with Crippen LogP contribution in [-0.4, -0.2) is 35.4 Å². The highest BCUT2D eigenvalue weighted by atomic mass is 19.1. The van der Waals surface area contributed by atoms with Crippen molar-refractivity contribution in [2.45, 2.75) is 34.1 Å². The van der Waals surface area contributed by atoms with Crippen molar-refractivity contribution >= 4 is 11.7 Å². The molecule has 0 saturated carbocycles. The number of hydrogen-bond acceptors (Lipinski definition) is 3. The molecule has 0 bridgehead atoms. The third-order valence-corrected chi connectivity index (χ3v) is 3.33. The molecule has 0 aliphatic rings. The number of amides is 1. The first-order valence-electron chi connectivity index (χ1n) is 7.22. The molecule has 1 aromatic heterocycles. The van der Waals surface area contributed by atoms with Crippen LogP contribution >= 0.6 is 0 Å². The Hall–Kier alpha value is -1.65. The number of rotatable bonds is 7. The third-order valence-electron chi connectivity index (χ3n) is 3.33. The molecule has 0 aromatic carbocycles. The van der Waals surface area contributed by atoms with E-state index in [0.29, 0.717) is 36.9 Å². The van der Waals surface area contributed by atoms with Crippen LogP contribution in [0.1, 0.15) is 44.5 Å². The topological polar surface area (TPSA) is 45.2 Å². The van der Waals surface area contributed by atoms with E-state index >= 15 is 0 Å². The SMILES string of the molecule is CCNc1ncc(F)cc1C(=O)N(CC)CC(C)CC. The Labute approximate surface area is 120 Å². The molecule has 0 radical (unpaired) electrons. The van der Waals surface area contributed by atoms with Crippen molar-refractivity contribution in [2.24, 2.45) is 5.92 Å². The lowest BCUT2D eigenvalue weighted by Crippen LogP contribution is -2.35. The summed E-state index contributed by atoms with van der Waals surface area (Å²) < 4.78 is 13.4. The van der Waals surface area contributed by atoms with Gasteiger partial charge in [-0.3, -0.25) is 4.79 Å². The zero-order valence-corrected chi connectivity index (χ0v) is 12.7. The molecule has 0 saturated heterocycles. The molecule has 1 heterocycles. The maximum Gasteiger partial charge on any atom is 0.257 e. The molecular formula is C15H24FN3O. The molecular weight excluding hydrogens is 257 g/mol. The number of carbonyl (C=O) groups excluding carboxylic acids is 1. The number of hydrogen-bond donors (Lipinski definition) is 1. The Morgan fingerprint density at radius 2 is 2.15 bits per heavy atom. The second-order valence-corrected chi connectivity index (χ2v) is 4.94. The lowest BCUT2D eigenvalue weighted by Gasteiger charge is -2.25. The van der Waals surface area contributed by atoms with Crippen LogP contribution in [0.2, 0.25) is 0 Å². The van der Waals surface area contributed by atoms with Gasteiger partial charge in [0.15, 0.2) is 0 Å². The molecule has 0 aliphatic carbocycles. The second kappa shape index (κ2) is 7.82. The van der Waals surface area contributed by atoms with E-state index in [0.717, 1.165) is 12.6 Å². The van der Waals surface area contributed by atoms with Crippen molar-refractivity contribution in [3.05, 3.63) is 23.6 Å². The Balaban J connectivity index is 3.01. The molecule has 0 aliphatic heterocycles. The van der Waals surface area contributed by atoms with E-state index in [1.807, 2.05) is 13.8 Å². The maximum absolute atomic E-state index is 13.4. The van der Waals surface area contributed by atoms with Crippen molar-refractivity contribution in [2.75, 3.05) is 25.0 Å². The minimum absolute atomic E-state index is 0.171. The molecule has 112 valence electrons. The number of pyridine rings is 1. The largest absolute Gasteiger partial charge is 0.370 e. The molecule has 0 fully saturated rings. The normalized spacial score (nSPS) is 12.1. The molecule has 1 atom stereocenters. The summed E-state index contributed by atoms with van der Waals surface area (Å²) in [6, 6.07) is 1.26. The Morgan fingerprint density at radius 3 is 2.70 bits per heavy atom. The Kier molecular flexibility index (Phi) is 6.42. The summed E-state index contributed by atoms with van der Waals surface area (Å²) in [6.07, 6.45) is 2.13. The zero-order chi connectivity index (χ0) is 15.1. The first kappa shape index (κ1) is 16.4. The van der Waals surface area contributed by atoms with E-state index in [2.05, 4.69) is 24.1 Å². The number of carbonyl (C=O) groups is 1. The predicted octanol–water partition coefficient (Wildman–Crippen LogP) is 3.16. The molecule has 5 heteroatoms. The average molecular weight is 281 g/mol. The third kappa shape index (κ3) is 4.18. The van der Waals surface area contributed by atoms with Crippen LogP contribution in [0.5, 0.6) is 0 Å². The van der Waals surface area contributed by atoms with Crippen LogP contribution in [0.4, 0.5) is 10.2 Å². The van der Waals surface area contributed by atoms with Crippen LogP contribution in [-0.2, 0) is 0 Å². The van der Waals surface area contributed by atoms with Gasteiger partial charge in [-0.2, -0.15) is 0 Å². The fourth-order valence-corrected chi connectivity index (χ4v) is 1.94. The van der Waals surface area contributed by atoms with E-state index in [1.165, 1.54) is 6.07 Å². The molecule has 0 spiro atoms. The minimum atomic E-state index is -0.491. The monoisotopic (exact) mass is 281 g/mol. The van der Waals surface area contributed by atoms with E-state index in [1.54, 1.807) is 4.90 Å². The summed E-state index contributed by atoms with van der Waals surface area (Å²) >= 11 is 0. The fraction of sp³-hybridized carbons (Fsp3) is 0.600. The fourth-order valence-electron chi connectivity index (χ4n) is 1.94. The van der Waals surface area contributed by atoms with Gasteiger partial charge in [-0.1, -0.05) is 20.3 Å². The van der Waals surface area contributed by atoms with Crippen molar-refractivity contribution in [3.63, 3.8) is 0 Å². The molecule has 1 unspecified atom stereocenters. The molecule has 4 nitrogen and oxygen atoms in total. The zero-order valence-electron chi connectivity index (χ0n) is 12.7. The second-order valence-electron chi connectivity index (χ2n) is 4.94. The van der Waals surface area contributed by atoms with Crippen molar-refractivity contribution in [3.8, 4) is 0 Å². The highest BCUT2D eigenvalue weighted by Crippen LogP contribution is 2.17. The smallest absolute Gasteiger partial charge is 0.257 e. The number of halogens is 1. The number of nitrogens with one attached hydrogen (secondary N) is 1. The number of anilines is 1. The first-order valence-corrected chi connectivity index (χ1v) is 7.22. The summed E-state index contributed by atoms with van der Waals surface area (Å²) in [5.74, 6) is 0.204. The van der Waals surface area contributed by atoms with Crippen LogP contribution in [0.3, 0.4) is 0 Å². The standard InChI is InChI=1S/C15H24FN3O/c1-5-11(4)10-19(7-3)15(20)13-8-12(16)9-18-14(13)17-6-2/h8-9,11H,5-7,10H2,1-4H3,(H,17,18). The van der Waals surface area contributed by atoms with Crippen LogP contribution < -0.4 is 5.32 Å². The summed E-state index contributed by atoms with van der Waals surface area (Å²) in [4.78, 5) is 18.3. The first-order chi connectivity index (χ1) is 9.53. The molecule has 1 amide bonds. The molecule has 1 rings (SSSR count). The van der Waals surface area contributed by atoms with E-state index in [4.69, 9.17) is 0 Å². The van der Waals surface area contributed by atoms with Gasteiger partial charge < -0.3 is 10.2 Å².